The third-order valence-corrected chi connectivity index (χ3v) is 4.24. The van der Waals surface area contributed by atoms with Gasteiger partial charge in [-0.25, -0.2) is 0 Å². The minimum absolute atomic E-state index is 0.165. The highest BCUT2D eigenvalue weighted by Crippen LogP contribution is 2.32. The van der Waals surface area contributed by atoms with Crippen LogP contribution in [0, 0.1) is 0 Å². The van der Waals surface area contributed by atoms with Gasteiger partial charge in [-0.05, 0) is 25.0 Å². The number of nitrogens with one attached hydrogen (secondary N) is 1. The summed E-state index contributed by atoms with van der Waals surface area (Å²) in [5.74, 6) is -0.165. The van der Waals surface area contributed by atoms with E-state index >= 15 is 0 Å². The topological polar surface area (TPSA) is 52.6 Å². The molecule has 2 rings (SSSR count). The van der Waals surface area contributed by atoms with Crippen molar-refractivity contribution < 1.29 is 9.90 Å². The van der Waals surface area contributed by atoms with Gasteiger partial charge in [-0.2, -0.15) is 0 Å². The Bertz CT molecular complexity index is 503. The summed E-state index contributed by atoms with van der Waals surface area (Å²) in [4.78, 5) is 14.0. The van der Waals surface area contributed by atoms with Gasteiger partial charge in [-0.1, -0.05) is 34.8 Å². The smallest absolute Gasteiger partial charge is 0.238 e. The van der Waals surface area contributed by atoms with E-state index in [4.69, 9.17) is 34.8 Å². The third-order valence-electron chi connectivity index (χ3n) is 3.21. The molecule has 0 aliphatic carbocycles. The molecule has 20 heavy (non-hydrogen) atoms. The van der Waals surface area contributed by atoms with E-state index in [1.165, 1.54) is 12.1 Å². The highest BCUT2D eigenvalue weighted by atomic mass is 35.5. The van der Waals surface area contributed by atoms with Crippen molar-refractivity contribution in [1.82, 2.24) is 4.90 Å². The molecule has 0 unspecified atom stereocenters. The molecule has 1 amide bonds. The molecule has 4 nitrogen and oxygen atoms in total. The minimum atomic E-state index is -0.251. The van der Waals surface area contributed by atoms with Crippen LogP contribution in [-0.4, -0.2) is 41.7 Å². The summed E-state index contributed by atoms with van der Waals surface area (Å²) in [6.07, 6.45) is 1.14. The van der Waals surface area contributed by atoms with E-state index in [9.17, 15) is 9.90 Å². The van der Waals surface area contributed by atoms with Gasteiger partial charge in [-0.15, -0.1) is 0 Å². The molecule has 110 valence electrons. The zero-order valence-corrected chi connectivity index (χ0v) is 13.0. The number of benzene rings is 1. The molecule has 1 aromatic rings. The number of piperidine rings is 1. The number of hydrogen-bond acceptors (Lipinski definition) is 3. The third kappa shape index (κ3) is 4.24. The van der Waals surface area contributed by atoms with Crippen molar-refractivity contribution in [1.29, 1.82) is 0 Å². The SMILES string of the molecule is O=C(CN1CCC(O)CC1)Nc1cc(Cl)c(Cl)cc1Cl. The summed E-state index contributed by atoms with van der Waals surface area (Å²) in [5, 5.41) is 13.2. The highest BCUT2D eigenvalue weighted by Gasteiger charge is 2.19. The fourth-order valence-electron chi connectivity index (χ4n) is 2.09. The van der Waals surface area contributed by atoms with Crippen molar-refractivity contribution >= 4 is 46.4 Å². The van der Waals surface area contributed by atoms with E-state index < -0.39 is 0 Å². The Kier molecular flexibility index (Phi) is 5.52. The molecular formula is C13H15Cl3N2O2. The van der Waals surface area contributed by atoms with Crippen molar-refractivity contribution in [2.75, 3.05) is 25.0 Å². The Morgan fingerprint density at radius 3 is 2.45 bits per heavy atom. The molecule has 1 aromatic carbocycles. The Balaban J connectivity index is 1.93. The van der Waals surface area contributed by atoms with Crippen molar-refractivity contribution in [2.24, 2.45) is 0 Å². The van der Waals surface area contributed by atoms with Crippen LogP contribution < -0.4 is 5.32 Å². The number of rotatable bonds is 3. The standard InChI is InChI=1S/C13H15Cl3N2O2/c14-9-5-11(16)12(6-10(9)15)17-13(20)7-18-3-1-8(19)2-4-18/h5-6,8,19H,1-4,7H2,(H,17,20). The fourth-order valence-corrected chi connectivity index (χ4v) is 2.68. The molecule has 0 radical (unpaired) electrons. The van der Waals surface area contributed by atoms with E-state index in [0.29, 0.717) is 46.7 Å². The van der Waals surface area contributed by atoms with Gasteiger partial charge < -0.3 is 10.4 Å². The number of nitrogens with zero attached hydrogens (tertiary/aromatic N) is 1. The number of anilines is 1. The molecule has 1 fully saturated rings. The fraction of sp³-hybridized carbons (Fsp3) is 0.462. The summed E-state index contributed by atoms with van der Waals surface area (Å²) in [6, 6.07) is 3.03. The van der Waals surface area contributed by atoms with Crippen molar-refractivity contribution in [2.45, 2.75) is 18.9 Å². The summed E-state index contributed by atoms with van der Waals surface area (Å²) < 4.78 is 0. The predicted octanol–water partition coefficient (Wildman–Crippen LogP) is 3.04. The first-order chi connectivity index (χ1) is 9.45. The van der Waals surface area contributed by atoms with Gasteiger partial charge in [0.05, 0.1) is 33.4 Å². The molecule has 0 atom stereocenters. The van der Waals surface area contributed by atoms with Gasteiger partial charge >= 0.3 is 0 Å². The predicted molar refractivity (Wildman–Crippen MR) is 81.8 cm³/mol. The van der Waals surface area contributed by atoms with Crippen LogP contribution in [0.15, 0.2) is 12.1 Å². The van der Waals surface area contributed by atoms with Gasteiger partial charge in [0.2, 0.25) is 5.91 Å². The zero-order valence-electron chi connectivity index (χ0n) is 10.7. The van der Waals surface area contributed by atoms with Crippen LogP contribution in [0.5, 0.6) is 0 Å². The van der Waals surface area contributed by atoms with Crippen molar-refractivity contribution in [3.05, 3.63) is 27.2 Å². The molecule has 1 heterocycles. The summed E-state index contributed by atoms with van der Waals surface area (Å²) in [6.45, 7) is 1.69. The number of carbonyl (C=O) groups excluding carboxylic acids is 1. The second kappa shape index (κ2) is 6.96. The Morgan fingerprint density at radius 2 is 1.80 bits per heavy atom. The van der Waals surface area contributed by atoms with Crippen LogP contribution in [0.2, 0.25) is 15.1 Å². The van der Waals surface area contributed by atoms with Crippen molar-refractivity contribution in [3.8, 4) is 0 Å². The van der Waals surface area contributed by atoms with Crippen LogP contribution >= 0.6 is 34.8 Å². The lowest BCUT2D eigenvalue weighted by Gasteiger charge is -2.28. The summed E-state index contributed by atoms with van der Waals surface area (Å²) >= 11 is 17.7. The van der Waals surface area contributed by atoms with E-state index in [2.05, 4.69) is 5.32 Å². The van der Waals surface area contributed by atoms with E-state index in [1.807, 2.05) is 4.90 Å². The van der Waals surface area contributed by atoms with Gasteiger partial charge in [0.1, 0.15) is 0 Å². The lowest BCUT2D eigenvalue weighted by molar-refractivity contribution is -0.117. The van der Waals surface area contributed by atoms with Crippen LogP contribution in [0.25, 0.3) is 0 Å². The van der Waals surface area contributed by atoms with Crippen LogP contribution in [0.1, 0.15) is 12.8 Å². The Morgan fingerprint density at radius 1 is 1.20 bits per heavy atom. The first-order valence-electron chi connectivity index (χ1n) is 6.30. The van der Waals surface area contributed by atoms with Gasteiger partial charge in [-0.3, -0.25) is 9.69 Å². The molecule has 2 N–H and O–H groups in total. The molecule has 0 saturated carbocycles. The zero-order chi connectivity index (χ0) is 14.7. The largest absolute Gasteiger partial charge is 0.393 e. The monoisotopic (exact) mass is 336 g/mol. The van der Waals surface area contributed by atoms with E-state index in [0.717, 1.165) is 0 Å². The second-order valence-electron chi connectivity index (χ2n) is 4.80. The maximum atomic E-state index is 12.0. The minimum Gasteiger partial charge on any atom is -0.393 e. The molecular weight excluding hydrogens is 323 g/mol. The first-order valence-corrected chi connectivity index (χ1v) is 7.44. The van der Waals surface area contributed by atoms with E-state index in [-0.39, 0.29) is 18.6 Å². The number of likely N-dealkylation sites (tertiary alicyclic amines) is 1. The Labute approximate surface area is 132 Å². The molecule has 0 spiro atoms. The summed E-state index contributed by atoms with van der Waals surface area (Å²) in [5.41, 5.74) is 0.447. The normalized spacial score (nSPS) is 17.2. The molecule has 7 heteroatoms. The molecule has 1 aliphatic rings. The molecule has 1 aliphatic heterocycles. The average molecular weight is 338 g/mol. The Hall–Kier alpha value is -0.520. The number of aliphatic hydroxyl groups is 1. The van der Waals surface area contributed by atoms with Gasteiger partial charge in [0.25, 0.3) is 0 Å². The molecule has 1 saturated heterocycles. The summed E-state index contributed by atoms with van der Waals surface area (Å²) in [7, 11) is 0. The maximum absolute atomic E-state index is 12.0. The lowest BCUT2D eigenvalue weighted by Crippen LogP contribution is -2.40. The van der Waals surface area contributed by atoms with Crippen LogP contribution in [0.4, 0.5) is 5.69 Å². The second-order valence-corrected chi connectivity index (χ2v) is 6.02. The van der Waals surface area contributed by atoms with E-state index in [1.54, 1.807) is 0 Å². The number of carbonyl (C=O) groups is 1. The molecule has 0 aromatic heterocycles. The number of amides is 1. The first kappa shape index (κ1) is 15.9. The van der Waals surface area contributed by atoms with Crippen LogP contribution in [0.3, 0.4) is 0 Å². The number of hydrogen-bond donors (Lipinski definition) is 2. The van der Waals surface area contributed by atoms with Crippen LogP contribution in [-0.2, 0) is 4.79 Å². The molecule has 0 bridgehead atoms. The van der Waals surface area contributed by atoms with Gasteiger partial charge in [0.15, 0.2) is 0 Å². The van der Waals surface area contributed by atoms with Crippen molar-refractivity contribution in [3.63, 3.8) is 0 Å². The highest BCUT2D eigenvalue weighted by molar-refractivity contribution is 6.44. The maximum Gasteiger partial charge on any atom is 0.238 e. The number of aliphatic hydroxyl groups excluding tert-OH is 1. The number of halogens is 3. The van der Waals surface area contributed by atoms with Gasteiger partial charge in [0, 0.05) is 13.1 Å². The lowest BCUT2D eigenvalue weighted by atomic mass is 10.1. The quantitative estimate of drug-likeness (QED) is 0.834. The average Bonchev–Trinajstić information content (AvgIpc) is 2.39.